The van der Waals surface area contributed by atoms with Gasteiger partial charge in [0.05, 0.1) is 17.5 Å². The Morgan fingerprint density at radius 2 is 2.10 bits per heavy atom. The zero-order valence-electron chi connectivity index (χ0n) is 11.8. The molecule has 1 aromatic carbocycles. The van der Waals surface area contributed by atoms with Crippen LogP contribution in [0.15, 0.2) is 29.2 Å². The van der Waals surface area contributed by atoms with Gasteiger partial charge in [0, 0.05) is 18.7 Å². The number of ether oxygens (including phenoxy) is 1. The lowest BCUT2D eigenvalue weighted by molar-refractivity contribution is 0.105. The Balaban J connectivity index is 1.91. The van der Waals surface area contributed by atoms with E-state index in [0.717, 1.165) is 25.0 Å². The van der Waals surface area contributed by atoms with Crippen molar-refractivity contribution in [1.29, 1.82) is 0 Å². The monoisotopic (exact) mass is 308 g/mol. The number of sulfonamides is 1. The van der Waals surface area contributed by atoms with Gasteiger partial charge in [-0.25, -0.2) is 13.1 Å². The van der Waals surface area contributed by atoms with Gasteiger partial charge in [-0.15, -0.1) is 0 Å². The molecule has 0 spiro atoms. The lowest BCUT2D eigenvalue weighted by Crippen LogP contribution is -2.27. The van der Waals surface area contributed by atoms with Crippen molar-refractivity contribution in [3.05, 3.63) is 29.8 Å². The molecule has 0 amide bonds. The van der Waals surface area contributed by atoms with Crippen molar-refractivity contribution in [2.45, 2.75) is 30.3 Å². The number of nitrogens with one attached hydrogen (secondary N) is 1. The number of hydrogen-bond acceptors (Lipinski definition) is 4. The fourth-order valence-electron chi connectivity index (χ4n) is 2.18. The summed E-state index contributed by atoms with van der Waals surface area (Å²) in [7, 11) is -3.47. The van der Waals surface area contributed by atoms with E-state index in [1.54, 1.807) is 24.3 Å². The van der Waals surface area contributed by atoms with Gasteiger partial charge in [0.2, 0.25) is 10.0 Å². The van der Waals surface area contributed by atoms with E-state index in [4.69, 9.17) is 10.5 Å². The average Bonchev–Trinajstić information content (AvgIpc) is 2.98. The van der Waals surface area contributed by atoms with Gasteiger partial charge in [-0.3, -0.25) is 0 Å². The molecule has 1 aromatic rings. The van der Waals surface area contributed by atoms with Gasteiger partial charge < -0.3 is 10.5 Å². The molecule has 1 aliphatic heterocycles. The van der Waals surface area contributed by atoms with Crippen LogP contribution in [0, 0.1) is 11.8 Å². The Labute approximate surface area is 125 Å². The Kier molecular flexibility index (Phi) is 5.76. The molecule has 1 fully saturated rings. The summed E-state index contributed by atoms with van der Waals surface area (Å²) in [6.07, 6.45) is 2.96. The van der Waals surface area contributed by atoms with E-state index < -0.39 is 10.0 Å². The van der Waals surface area contributed by atoms with E-state index in [1.807, 2.05) is 0 Å². The first-order valence-electron chi connectivity index (χ1n) is 7.02. The lowest BCUT2D eigenvalue weighted by Gasteiger charge is -2.10. The maximum Gasteiger partial charge on any atom is 0.240 e. The fraction of sp³-hybridized carbons (Fsp3) is 0.467. The van der Waals surface area contributed by atoms with Crippen LogP contribution in [0.4, 0.5) is 0 Å². The molecule has 0 saturated carbocycles. The standard InChI is InChI=1S/C15H20N2O3S/c16-10-1-3-13-5-7-15(8-6-13)21(18,19)17-11-9-14-4-2-12-20-14/h5-8,14,17H,2,4,9-12,16H2. The first-order chi connectivity index (χ1) is 10.1. The van der Waals surface area contributed by atoms with Crippen molar-refractivity contribution in [3.8, 4) is 11.8 Å². The summed E-state index contributed by atoms with van der Waals surface area (Å²) in [6, 6.07) is 6.46. The largest absolute Gasteiger partial charge is 0.378 e. The summed E-state index contributed by atoms with van der Waals surface area (Å²) in [5.41, 5.74) is 6.04. The molecule has 21 heavy (non-hydrogen) atoms. The summed E-state index contributed by atoms with van der Waals surface area (Å²) in [5, 5.41) is 0. The normalized spacial score (nSPS) is 18.2. The Morgan fingerprint density at radius 1 is 1.33 bits per heavy atom. The minimum absolute atomic E-state index is 0.182. The molecular weight excluding hydrogens is 288 g/mol. The van der Waals surface area contributed by atoms with E-state index in [2.05, 4.69) is 16.6 Å². The highest BCUT2D eigenvalue weighted by molar-refractivity contribution is 7.89. The third-order valence-corrected chi connectivity index (χ3v) is 4.76. The molecular formula is C15H20N2O3S. The Morgan fingerprint density at radius 3 is 2.71 bits per heavy atom. The molecule has 1 atom stereocenters. The second-order valence-corrected chi connectivity index (χ2v) is 6.62. The second kappa shape index (κ2) is 7.57. The summed E-state index contributed by atoms with van der Waals surface area (Å²) < 4.78 is 32.3. The van der Waals surface area contributed by atoms with Crippen LogP contribution >= 0.6 is 0 Å². The van der Waals surface area contributed by atoms with Crippen molar-refractivity contribution in [2.24, 2.45) is 5.73 Å². The summed E-state index contributed by atoms with van der Waals surface area (Å²) in [6.45, 7) is 1.45. The minimum atomic E-state index is -3.47. The Hall–Kier alpha value is -1.39. The number of nitrogens with two attached hydrogens (primary N) is 1. The average molecular weight is 308 g/mol. The highest BCUT2D eigenvalue weighted by Gasteiger charge is 2.17. The van der Waals surface area contributed by atoms with Gasteiger partial charge in [-0.2, -0.15) is 0 Å². The van der Waals surface area contributed by atoms with Crippen LogP contribution in [0.2, 0.25) is 0 Å². The van der Waals surface area contributed by atoms with Crippen LogP contribution in [-0.4, -0.2) is 34.2 Å². The highest BCUT2D eigenvalue weighted by Crippen LogP contribution is 2.15. The van der Waals surface area contributed by atoms with Crippen molar-refractivity contribution < 1.29 is 13.2 Å². The fourth-order valence-corrected chi connectivity index (χ4v) is 3.23. The molecule has 1 aliphatic rings. The van der Waals surface area contributed by atoms with Gasteiger partial charge in [0.1, 0.15) is 0 Å². The maximum atomic E-state index is 12.1. The topological polar surface area (TPSA) is 81.4 Å². The molecule has 0 aliphatic carbocycles. The van der Waals surface area contributed by atoms with Crippen LogP contribution in [-0.2, 0) is 14.8 Å². The van der Waals surface area contributed by atoms with Gasteiger partial charge >= 0.3 is 0 Å². The third-order valence-electron chi connectivity index (χ3n) is 3.28. The van der Waals surface area contributed by atoms with E-state index >= 15 is 0 Å². The van der Waals surface area contributed by atoms with Crippen LogP contribution in [0.25, 0.3) is 0 Å². The smallest absolute Gasteiger partial charge is 0.240 e. The molecule has 114 valence electrons. The van der Waals surface area contributed by atoms with Crippen LogP contribution in [0.1, 0.15) is 24.8 Å². The molecule has 0 bridgehead atoms. The quantitative estimate of drug-likeness (QED) is 0.790. The van der Waals surface area contributed by atoms with Gasteiger partial charge in [-0.05, 0) is 43.5 Å². The molecule has 1 saturated heterocycles. The van der Waals surface area contributed by atoms with Crippen LogP contribution < -0.4 is 10.5 Å². The molecule has 1 heterocycles. The summed E-state index contributed by atoms with van der Waals surface area (Å²) in [4.78, 5) is 0.244. The van der Waals surface area contributed by atoms with Crippen molar-refractivity contribution >= 4 is 10.0 Å². The van der Waals surface area contributed by atoms with E-state index in [0.29, 0.717) is 13.0 Å². The lowest BCUT2D eigenvalue weighted by atomic mass is 10.2. The van der Waals surface area contributed by atoms with Crippen LogP contribution in [0.3, 0.4) is 0 Å². The number of benzene rings is 1. The Bertz CT molecular complexity index is 609. The molecule has 5 nitrogen and oxygen atoms in total. The van der Waals surface area contributed by atoms with Crippen molar-refractivity contribution in [3.63, 3.8) is 0 Å². The molecule has 1 unspecified atom stereocenters. The molecule has 3 N–H and O–H groups in total. The zero-order chi connectivity index (χ0) is 15.1. The number of rotatable bonds is 5. The first-order valence-corrected chi connectivity index (χ1v) is 8.50. The molecule has 0 aromatic heterocycles. The molecule has 6 heteroatoms. The van der Waals surface area contributed by atoms with Crippen molar-refractivity contribution in [2.75, 3.05) is 19.7 Å². The van der Waals surface area contributed by atoms with E-state index in [1.165, 1.54) is 0 Å². The predicted octanol–water partition coefficient (Wildman–Crippen LogP) is 0.844. The molecule has 0 radical (unpaired) electrons. The van der Waals surface area contributed by atoms with Gasteiger partial charge in [0.15, 0.2) is 0 Å². The van der Waals surface area contributed by atoms with Crippen molar-refractivity contribution in [1.82, 2.24) is 4.72 Å². The maximum absolute atomic E-state index is 12.1. The predicted molar refractivity (Wildman–Crippen MR) is 81.2 cm³/mol. The number of hydrogen-bond donors (Lipinski definition) is 2. The van der Waals surface area contributed by atoms with Gasteiger partial charge in [0.25, 0.3) is 0 Å². The summed E-state index contributed by atoms with van der Waals surface area (Å²) >= 11 is 0. The third kappa shape index (κ3) is 4.83. The highest BCUT2D eigenvalue weighted by atomic mass is 32.2. The van der Waals surface area contributed by atoms with Crippen LogP contribution in [0.5, 0.6) is 0 Å². The summed E-state index contributed by atoms with van der Waals surface area (Å²) in [5.74, 6) is 5.58. The second-order valence-electron chi connectivity index (χ2n) is 4.85. The first kappa shape index (κ1) is 16.0. The van der Waals surface area contributed by atoms with E-state index in [-0.39, 0.29) is 17.5 Å². The minimum Gasteiger partial charge on any atom is -0.378 e. The molecule has 2 rings (SSSR count). The SMILES string of the molecule is NCC#Cc1ccc(S(=O)(=O)NCCC2CCCO2)cc1. The zero-order valence-corrected chi connectivity index (χ0v) is 12.7. The van der Waals surface area contributed by atoms with Gasteiger partial charge in [-0.1, -0.05) is 11.8 Å². The van der Waals surface area contributed by atoms with E-state index in [9.17, 15) is 8.42 Å².